The molecule has 0 atom stereocenters. The number of nitrogens with zero attached hydrogens (tertiary/aromatic N) is 2. The molecule has 2 aromatic rings. The van der Waals surface area contributed by atoms with Gasteiger partial charge in [0.2, 0.25) is 0 Å². The van der Waals surface area contributed by atoms with Gasteiger partial charge in [-0.3, -0.25) is 4.79 Å². The molecule has 94 valence electrons. The molecule has 5 heteroatoms. The van der Waals surface area contributed by atoms with Gasteiger partial charge in [-0.25, -0.2) is 9.37 Å². The summed E-state index contributed by atoms with van der Waals surface area (Å²) < 4.78 is 14.9. The van der Waals surface area contributed by atoms with E-state index in [1.807, 2.05) is 0 Å². The average molecular weight is 248 g/mol. The van der Waals surface area contributed by atoms with Gasteiger partial charge in [0.15, 0.2) is 0 Å². The number of benzene rings is 1. The maximum Gasteiger partial charge on any atom is 0.323 e. The largest absolute Gasteiger partial charge is 0.480 e. The molecule has 1 aliphatic carbocycles. The van der Waals surface area contributed by atoms with Gasteiger partial charge in [0.25, 0.3) is 0 Å². The molecule has 0 aliphatic heterocycles. The van der Waals surface area contributed by atoms with E-state index >= 15 is 0 Å². The second-order valence-corrected chi connectivity index (χ2v) is 4.71. The van der Waals surface area contributed by atoms with E-state index in [1.54, 1.807) is 10.6 Å². The van der Waals surface area contributed by atoms with Crippen LogP contribution >= 0.6 is 0 Å². The zero-order chi connectivity index (χ0) is 12.7. The summed E-state index contributed by atoms with van der Waals surface area (Å²) >= 11 is 0. The molecule has 0 radical (unpaired) electrons. The number of imidazole rings is 1. The van der Waals surface area contributed by atoms with Crippen LogP contribution in [0.2, 0.25) is 0 Å². The third-order valence-corrected chi connectivity index (χ3v) is 3.50. The number of hydrogen-bond acceptors (Lipinski definition) is 2. The van der Waals surface area contributed by atoms with Gasteiger partial charge in [-0.15, -0.1) is 0 Å². The quantitative estimate of drug-likeness (QED) is 0.908. The Kier molecular flexibility index (Phi) is 2.54. The number of rotatable bonds is 3. The van der Waals surface area contributed by atoms with Gasteiger partial charge in [0.1, 0.15) is 18.2 Å². The first-order valence-electron chi connectivity index (χ1n) is 6.02. The molecule has 0 saturated heterocycles. The van der Waals surface area contributed by atoms with Crippen molar-refractivity contribution in [1.29, 1.82) is 0 Å². The van der Waals surface area contributed by atoms with E-state index in [0.717, 1.165) is 25.1 Å². The number of carboxylic acid groups (broad SMARTS) is 1. The van der Waals surface area contributed by atoms with Gasteiger partial charge in [-0.05, 0) is 25.0 Å². The highest BCUT2D eigenvalue weighted by Crippen LogP contribution is 2.37. The van der Waals surface area contributed by atoms with Crippen LogP contribution < -0.4 is 0 Å². The zero-order valence-electron chi connectivity index (χ0n) is 9.77. The minimum absolute atomic E-state index is 0.117. The lowest BCUT2D eigenvalue weighted by atomic mass is 9.85. The summed E-state index contributed by atoms with van der Waals surface area (Å²) in [7, 11) is 0. The topological polar surface area (TPSA) is 55.1 Å². The highest BCUT2D eigenvalue weighted by molar-refractivity contribution is 5.78. The Morgan fingerprint density at radius 1 is 1.50 bits per heavy atom. The van der Waals surface area contributed by atoms with Crippen LogP contribution in [-0.2, 0) is 11.3 Å². The molecule has 1 N–H and O–H groups in total. The zero-order valence-corrected chi connectivity index (χ0v) is 9.77. The molecular weight excluding hydrogens is 235 g/mol. The summed E-state index contributed by atoms with van der Waals surface area (Å²) in [6.45, 7) is -0.117. The fourth-order valence-corrected chi connectivity index (χ4v) is 2.40. The van der Waals surface area contributed by atoms with Crippen LogP contribution in [0.4, 0.5) is 4.39 Å². The minimum Gasteiger partial charge on any atom is -0.480 e. The maximum absolute atomic E-state index is 13.2. The van der Waals surface area contributed by atoms with E-state index in [2.05, 4.69) is 4.98 Å². The molecule has 1 aromatic heterocycles. The number of fused-ring (bicyclic) bond motifs is 1. The van der Waals surface area contributed by atoms with Gasteiger partial charge in [0, 0.05) is 12.0 Å². The molecule has 1 aliphatic rings. The number of aliphatic carboxylic acids is 1. The molecule has 1 heterocycles. The van der Waals surface area contributed by atoms with Crippen molar-refractivity contribution in [2.24, 2.45) is 0 Å². The summed E-state index contributed by atoms with van der Waals surface area (Å²) in [5, 5.41) is 8.97. The lowest BCUT2D eigenvalue weighted by Gasteiger charge is -2.25. The highest BCUT2D eigenvalue weighted by atomic mass is 19.1. The molecule has 0 spiro atoms. The highest BCUT2D eigenvalue weighted by Gasteiger charge is 2.26. The van der Waals surface area contributed by atoms with E-state index in [0.29, 0.717) is 17.0 Å². The Morgan fingerprint density at radius 3 is 2.89 bits per heavy atom. The SMILES string of the molecule is O=C(O)Cn1c(C2CCC2)nc2cc(F)ccc21. The summed E-state index contributed by atoms with van der Waals surface area (Å²) in [5.74, 6) is -0.147. The van der Waals surface area contributed by atoms with E-state index in [1.165, 1.54) is 12.1 Å². The molecule has 0 bridgehead atoms. The Bertz CT molecular complexity index is 617. The first-order valence-corrected chi connectivity index (χ1v) is 6.02. The molecule has 1 fully saturated rings. The Hall–Kier alpha value is -1.91. The number of aromatic nitrogens is 2. The van der Waals surface area contributed by atoms with Crippen molar-refractivity contribution >= 4 is 17.0 Å². The molecule has 1 aromatic carbocycles. The smallest absolute Gasteiger partial charge is 0.323 e. The van der Waals surface area contributed by atoms with E-state index in [4.69, 9.17) is 5.11 Å². The number of hydrogen-bond donors (Lipinski definition) is 1. The summed E-state index contributed by atoms with van der Waals surface area (Å²) in [5.41, 5.74) is 1.24. The van der Waals surface area contributed by atoms with Gasteiger partial charge >= 0.3 is 5.97 Å². The van der Waals surface area contributed by atoms with Gasteiger partial charge < -0.3 is 9.67 Å². The van der Waals surface area contributed by atoms with Crippen molar-refractivity contribution in [2.45, 2.75) is 31.7 Å². The second-order valence-electron chi connectivity index (χ2n) is 4.71. The number of halogens is 1. The van der Waals surface area contributed by atoms with Crippen LogP contribution in [0.1, 0.15) is 31.0 Å². The molecular formula is C13H13FN2O2. The molecule has 4 nitrogen and oxygen atoms in total. The first-order chi connectivity index (χ1) is 8.65. The van der Waals surface area contributed by atoms with E-state index in [-0.39, 0.29) is 12.4 Å². The maximum atomic E-state index is 13.2. The Labute approximate surface area is 103 Å². The number of carbonyl (C=O) groups is 1. The van der Waals surface area contributed by atoms with Crippen molar-refractivity contribution in [3.05, 3.63) is 29.8 Å². The van der Waals surface area contributed by atoms with Crippen molar-refractivity contribution in [3.8, 4) is 0 Å². The van der Waals surface area contributed by atoms with Gasteiger partial charge in [0.05, 0.1) is 11.0 Å². The van der Waals surface area contributed by atoms with Crippen LogP contribution in [0.5, 0.6) is 0 Å². The van der Waals surface area contributed by atoms with Crippen LogP contribution in [0.3, 0.4) is 0 Å². The molecule has 1 saturated carbocycles. The fraction of sp³-hybridized carbons (Fsp3) is 0.385. The average Bonchev–Trinajstić information content (AvgIpc) is 2.53. The van der Waals surface area contributed by atoms with Crippen molar-refractivity contribution in [1.82, 2.24) is 9.55 Å². The van der Waals surface area contributed by atoms with Crippen LogP contribution in [-0.4, -0.2) is 20.6 Å². The standard InChI is InChI=1S/C13H13FN2O2/c14-9-4-5-11-10(6-9)15-13(8-2-1-3-8)16(11)7-12(17)18/h4-6,8H,1-3,7H2,(H,17,18). The number of carboxylic acids is 1. The summed E-state index contributed by atoms with van der Waals surface area (Å²) in [6, 6.07) is 4.30. The van der Waals surface area contributed by atoms with Gasteiger partial charge in [-0.1, -0.05) is 6.42 Å². The minimum atomic E-state index is -0.904. The van der Waals surface area contributed by atoms with Gasteiger partial charge in [-0.2, -0.15) is 0 Å². The Morgan fingerprint density at radius 2 is 2.28 bits per heavy atom. The summed E-state index contributed by atoms with van der Waals surface area (Å²) in [4.78, 5) is 15.3. The Balaban J connectivity index is 2.16. The van der Waals surface area contributed by atoms with Crippen LogP contribution in [0, 0.1) is 5.82 Å². The molecule has 0 unspecified atom stereocenters. The van der Waals surface area contributed by atoms with Crippen molar-refractivity contribution in [3.63, 3.8) is 0 Å². The fourth-order valence-electron chi connectivity index (χ4n) is 2.40. The third kappa shape index (κ3) is 1.75. The predicted molar refractivity (Wildman–Crippen MR) is 63.9 cm³/mol. The van der Waals surface area contributed by atoms with Crippen LogP contribution in [0.25, 0.3) is 11.0 Å². The molecule has 18 heavy (non-hydrogen) atoms. The van der Waals surface area contributed by atoms with Crippen molar-refractivity contribution < 1.29 is 14.3 Å². The third-order valence-electron chi connectivity index (χ3n) is 3.50. The second kappa shape index (κ2) is 4.08. The monoisotopic (exact) mass is 248 g/mol. The lowest BCUT2D eigenvalue weighted by Crippen LogP contribution is -2.18. The van der Waals surface area contributed by atoms with Crippen LogP contribution in [0.15, 0.2) is 18.2 Å². The normalized spacial score (nSPS) is 15.8. The van der Waals surface area contributed by atoms with Crippen molar-refractivity contribution in [2.75, 3.05) is 0 Å². The lowest BCUT2D eigenvalue weighted by molar-refractivity contribution is -0.137. The first kappa shape index (κ1) is 11.2. The molecule has 3 rings (SSSR count). The molecule has 0 amide bonds. The van der Waals surface area contributed by atoms with E-state index < -0.39 is 5.97 Å². The summed E-state index contributed by atoms with van der Waals surface area (Å²) in [6.07, 6.45) is 3.21. The van der Waals surface area contributed by atoms with E-state index in [9.17, 15) is 9.18 Å². The predicted octanol–water partition coefficient (Wildman–Crippen LogP) is 2.53.